The van der Waals surface area contributed by atoms with Gasteiger partial charge in [-0.05, 0) is 47.9 Å². The quantitative estimate of drug-likeness (QED) is 0.416. The molecule has 2 saturated heterocycles. The summed E-state index contributed by atoms with van der Waals surface area (Å²) in [5.41, 5.74) is 9.11. The summed E-state index contributed by atoms with van der Waals surface area (Å²) in [4.78, 5) is 15.5. The molecule has 5 rings (SSSR count). The maximum atomic E-state index is 13.6. The van der Waals surface area contributed by atoms with E-state index >= 15 is 0 Å². The molecule has 3 aromatic rings. The van der Waals surface area contributed by atoms with Crippen molar-refractivity contribution in [2.24, 2.45) is 5.92 Å². The molecule has 4 unspecified atom stereocenters. The fraction of sp³-hybridized carbons (Fsp3) is 0.296. The third-order valence-electron chi connectivity index (χ3n) is 7.03. The zero-order chi connectivity index (χ0) is 24.5. The molecule has 0 saturated carbocycles. The van der Waals surface area contributed by atoms with Gasteiger partial charge in [0.05, 0.1) is 26.3 Å². The summed E-state index contributed by atoms with van der Waals surface area (Å²) in [7, 11) is 3.14. The van der Waals surface area contributed by atoms with E-state index in [0.717, 1.165) is 22.4 Å². The second-order valence-corrected chi connectivity index (χ2v) is 8.89. The van der Waals surface area contributed by atoms with Crippen LogP contribution in [0.2, 0.25) is 0 Å². The van der Waals surface area contributed by atoms with Crippen molar-refractivity contribution in [2.75, 3.05) is 20.8 Å². The number of carbonyl (C=O) groups excluding carboxylic acids is 1. The molecule has 0 spiro atoms. The molecule has 1 amide bonds. The van der Waals surface area contributed by atoms with Crippen molar-refractivity contribution in [1.82, 2.24) is 15.8 Å². The molecule has 2 heterocycles. The third kappa shape index (κ3) is 4.15. The van der Waals surface area contributed by atoms with Crippen LogP contribution < -0.4 is 20.3 Å². The van der Waals surface area contributed by atoms with Gasteiger partial charge in [0.15, 0.2) is 11.5 Å². The number of ether oxygens (including phenoxy) is 2. The van der Waals surface area contributed by atoms with Crippen LogP contribution in [0, 0.1) is 5.92 Å². The first-order valence-corrected chi connectivity index (χ1v) is 11.6. The lowest BCUT2D eigenvalue weighted by molar-refractivity contribution is -0.130. The normalized spacial score (nSPS) is 23.4. The number of amides is 1. The van der Waals surface area contributed by atoms with Crippen LogP contribution in [-0.2, 0) is 11.2 Å². The Bertz CT molecular complexity index is 1220. The largest absolute Gasteiger partial charge is 0.508 e. The second-order valence-electron chi connectivity index (χ2n) is 8.89. The number of hydrogen-bond donors (Lipinski definition) is 4. The predicted molar refractivity (Wildman–Crippen MR) is 130 cm³/mol. The first kappa shape index (κ1) is 23.0. The van der Waals surface area contributed by atoms with E-state index in [-0.39, 0.29) is 35.4 Å². The number of benzene rings is 3. The van der Waals surface area contributed by atoms with Crippen LogP contribution in [0.15, 0.2) is 66.7 Å². The lowest BCUT2D eigenvalue weighted by atomic mass is 9.83. The molecule has 4 atom stereocenters. The van der Waals surface area contributed by atoms with E-state index in [1.54, 1.807) is 31.4 Å². The molecular formula is C27H29N3O5. The van der Waals surface area contributed by atoms with Crippen LogP contribution >= 0.6 is 0 Å². The van der Waals surface area contributed by atoms with E-state index in [4.69, 9.17) is 9.47 Å². The Morgan fingerprint density at radius 2 is 1.63 bits per heavy atom. The van der Waals surface area contributed by atoms with Crippen LogP contribution in [0.25, 0.3) is 0 Å². The SMILES string of the molecule is COc1ccc(CCN2C(=O)C3NNC(c4ccccc4O)C3C2c2ccc(O)c(OC)c2)cc1. The number of likely N-dealkylation sites (tertiary alicyclic amines) is 1. The van der Waals surface area contributed by atoms with Crippen molar-refractivity contribution < 1.29 is 24.5 Å². The van der Waals surface area contributed by atoms with Crippen molar-refractivity contribution in [3.63, 3.8) is 0 Å². The van der Waals surface area contributed by atoms with Gasteiger partial charge in [-0.1, -0.05) is 36.4 Å². The zero-order valence-electron chi connectivity index (χ0n) is 19.6. The van der Waals surface area contributed by atoms with Gasteiger partial charge in [0.2, 0.25) is 5.91 Å². The topological polar surface area (TPSA) is 103 Å². The van der Waals surface area contributed by atoms with Gasteiger partial charge in [-0.3, -0.25) is 4.79 Å². The summed E-state index contributed by atoms with van der Waals surface area (Å²) in [5, 5.41) is 20.7. The van der Waals surface area contributed by atoms with Gasteiger partial charge < -0.3 is 24.6 Å². The van der Waals surface area contributed by atoms with E-state index in [0.29, 0.717) is 18.7 Å². The van der Waals surface area contributed by atoms with Gasteiger partial charge in [-0.2, -0.15) is 0 Å². The fourth-order valence-corrected chi connectivity index (χ4v) is 5.29. The lowest BCUT2D eigenvalue weighted by Crippen LogP contribution is -2.42. The molecule has 0 aromatic heterocycles. The minimum absolute atomic E-state index is 0.00836. The number of para-hydroxylation sites is 1. The predicted octanol–water partition coefficient (Wildman–Crippen LogP) is 3.07. The number of methoxy groups -OCH3 is 2. The minimum atomic E-state index is -0.458. The van der Waals surface area contributed by atoms with Gasteiger partial charge in [-0.25, -0.2) is 10.9 Å². The third-order valence-corrected chi connectivity index (χ3v) is 7.03. The van der Waals surface area contributed by atoms with Crippen molar-refractivity contribution in [2.45, 2.75) is 24.5 Å². The number of aromatic hydroxyl groups is 2. The molecule has 4 N–H and O–H groups in total. The maximum absolute atomic E-state index is 13.6. The highest BCUT2D eigenvalue weighted by Crippen LogP contribution is 2.49. The minimum Gasteiger partial charge on any atom is -0.508 e. The van der Waals surface area contributed by atoms with Crippen molar-refractivity contribution >= 4 is 5.91 Å². The molecule has 2 aliphatic heterocycles. The number of carbonyl (C=O) groups is 1. The van der Waals surface area contributed by atoms with Crippen LogP contribution in [0.5, 0.6) is 23.0 Å². The lowest BCUT2D eigenvalue weighted by Gasteiger charge is -2.31. The van der Waals surface area contributed by atoms with Crippen LogP contribution in [0.1, 0.15) is 28.8 Å². The first-order valence-electron chi connectivity index (χ1n) is 11.6. The van der Waals surface area contributed by atoms with Gasteiger partial charge >= 0.3 is 0 Å². The van der Waals surface area contributed by atoms with Gasteiger partial charge in [0.25, 0.3) is 0 Å². The number of rotatable bonds is 7. The molecular weight excluding hydrogens is 446 g/mol. The van der Waals surface area contributed by atoms with Gasteiger partial charge in [0.1, 0.15) is 17.5 Å². The summed E-state index contributed by atoms with van der Waals surface area (Å²) in [6.45, 7) is 0.515. The highest BCUT2D eigenvalue weighted by molar-refractivity contribution is 5.86. The number of fused-ring (bicyclic) bond motifs is 1. The van der Waals surface area contributed by atoms with Crippen molar-refractivity contribution in [3.05, 3.63) is 83.4 Å². The van der Waals surface area contributed by atoms with E-state index in [1.807, 2.05) is 47.4 Å². The standard InChI is InChI=1S/C27H29N3O5/c1-34-18-10-7-16(8-11-18)13-14-30-26(17-9-12-21(32)22(15-17)35-2)23-24(28-29-25(23)27(30)33)19-5-3-4-6-20(19)31/h3-12,15,23-26,28-29,31-32H,13-14H2,1-2H3. The number of nitrogens with zero attached hydrogens (tertiary/aromatic N) is 1. The number of hydrogen-bond acceptors (Lipinski definition) is 7. The Labute approximate surface area is 204 Å². The van der Waals surface area contributed by atoms with E-state index in [9.17, 15) is 15.0 Å². The van der Waals surface area contributed by atoms with Crippen LogP contribution in [-0.4, -0.2) is 47.8 Å². The summed E-state index contributed by atoms with van der Waals surface area (Å²) in [6.07, 6.45) is 0.676. The highest BCUT2D eigenvalue weighted by atomic mass is 16.5. The Kier molecular flexibility index (Phi) is 6.23. The molecule has 0 bridgehead atoms. The molecule has 8 nitrogen and oxygen atoms in total. The summed E-state index contributed by atoms with van der Waals surface area (Å²) in [6, 6.07) is 19.2. The summed E-state index contributed by atoms with van der Waals surface area (Å²) in [5.74, 6) is 1.16. The number of hydrazine groups is 1. The molecule has 35 heavy (non-hydrogen) atoms. The van der Waals surface area contributed by atoms with E-state index < -0.39 is 6.04 Å². The average Bonchev–Trinajstić information content (AvgIpc) is 3.42. The smallest absolute Gasteiger partial charge is 0.242 e. The fourth-order valence-electron chi connectivity index (χ4n) is 5.29. The Balaban J connectivity index is 1.51. The van der Waals surface area contributed by atoms with Gasteiger partial charge in [0, 0.05) is 18.0 Å². The molecule has 0 radical (unpaired) electrons. The second kappa shape index (κ2) is 9.48. The van der Waals surface area contributed by atoms with Gasteiger partial charge in [-0.15, -0.1) is 0 Å². The average molecular weight is 476 g/mol. The zero-order valence-corrected chi connectivity index (χ0v) is 19.6. The molecule has 182 valence electrons. The summed E-state index contributed by atoms with van der Waals surface area (Å²) < 4.78 is 10.6. The molecule has 2 aliphatic rings. The van der Waals surface area contributed by atoms with E-state index in [1.165, 1.54) is 7.11 Å². The van der Waals surface area contributed by atoms with E-state index in [2.05, 4.69) is 10.9 Å². The summed E-state index contributed by atoms with van der Waals surface area (Å²) >= 11 is 0. The Hall–Kier alpha value is -3.75. The molecule has 8 heteroatoms. The molecule has 0 aliphatic carbocycles. The van der Waals surface area contributed by atoms with Crippen molar-refractivity contribution in [3.8, 4) is 23.0 Å². The maximum Gasteiger partial charge on any atom is 0.242 e. The Morgan fingerprint density at radius 3 is 2.34 bits per heavy atom. The van der Waals surface area contributed by atoms with Crippen LogP contribution in [0.4, 0.5) is 0 Å². The first-order chi connectivity index (χ1) is 17.0. The monoisotopic (exact) mass is 475 g/mol. The molecule has 3 aromatic carbocycles. The molecule has 2 fully saturated rings. The number of nitrogens with one attached hydrogen (secondary N) is 2. The van der Waals surface area contributed by atoms with Crippen LogP contribution in [0.3, 0.4) is 0 Å². The Morgan fingerprint density at radius 1 is 0.886 bits per heavy atom. The number of phenols is 2. The highest BCUT2D eigenvalue weighted by Gasteiger charge is 2.55. The van der Waals surface area contributed by atoms with Crippen molar-refractivity contribution in [1.29, 1.82) is 0 Å². The number of phenolic OH excluding ortho intramolecular Hbond substituents is 2.